The number of amides is 1. The van der Waals surface area contributed by atoms with Gasteiger partial charge in [0, 0.05) is 29.6 Å². The number of nitrogens with two attached hydrogens (primary N) is 1. The summed E-state index contributed by atoms with van der Waals surface area (Å²) in [5.74, 6) is -0.264. The molecule has 3 N–H and O–H groups in total. The Balaban J connectivity index is 2.01. The van der Waals surface area contributed by atoms with Crippen molar-refractivity contribution in [2.24, 2.45) is 5.73 Å². The molecule has 1 aromatic carbocycles. The number of hydrogen-bond acceptors (Lipinski definition) is 3. The first kappa shape index (κ1) is 13.8. The molecule has 4 nitrogen and oxygen atoms in total. The molecular formula is C14H16ClN3O. The van der Waals surface area contributed by atoms with Crippen LogP contribution in [0.5, 0.6) is 0 Å². The number of nitrogens with one attached hydrogen (secondary N) is 1. The quantitative estimate of drug-likeness (QED) is 0.796. The standard InChI is InChI=1S/C14H16ClN3O/c15-12-6-5-10(9-17-7-2-4-13(16)19)14-11(12)3-1-8-18-14/h1,3,5-6,8,17H,2,4,7,9H2,(H2,16,19). The van der Waals surface area contributed by atoms with Gasteiger partial charge < -0.3 is 11.1 Å². The molecule has 1 amide bonds. The maximum Gasteiger partial charge on any atom is 0.217 e. The van der Waals surface area contributed by atoms with Crippen molar-refractivity contribution in [3.05, 3.63) is 41.0 Å². The fraction of sp³-hybridized carbons (Fsp3) is 0.286. The van der Waals surface area contributed by atoms with Crippen LogP contribution in [0.1, 0.15) is 18.4 Å². The lowest BCUT2D eigenvalue weighted by molar-refractivity contribution is -0.118. The lowest BCUT2D eigenvalue weighted by atomic mass is 10.1. The van der Waals surface area contributed by atoms with Crippen LogP contribution in [0.2, 0.25) is 5.02 Å². The van der Waals surface area contributed by atoms with Crippen molar-refractivity contribution >= 4 is 28.4 Å². The van der Waals surface area contributed by atoms with E-state index >= 15 is 0 Å². The highest BCUT2D eigenvalue weighted by Crippen LogP contribution is 2.24. The van der Waals surface area contributed by atoms with Gasteiger partial charge >= 0.3 is 0 Å². The van der Waals surface area contributed by atoms with Gasteiger partial charge in [0.15, 0.2) is 0 Å². The molecule has 0 aliphatic heterocycles. The maximum absolute atomic E-state index is 10.6. The summed E-state index contributed by atoms with van der Waals surface area (Å²) >= 11 is 6.14. The number of pyridine rings is 1. The highest BCUT2D eigenvalue weighted by Gasteiger charge is 2.05. The number of benzene rings is 1. The van der Waals surface area contributed by atoms with E-state index in [4.69, 9.17) is 17.3 Å². The van der Waals surface area contributed by atoms with Crippen molar-refractivity contribution in [2.75, 3.05) is 6.54 Å². The first-order valence-corrected chi connectivity index (χ1v) is 6.57. The van der Waals surface area contributed by atoms with Gasteiger partial charge in [-0.3, -0.25) is 9.78 Å². The van der Waals surface area contributed by atoms with Crippen LogP contribution in [0.15, 0.2) is 30.5 Å². The molecular weight excluding hydrogens is 262 g/mol. The topological polar surface area (TPSA) is 68.0 Å². The lowest BCUT2D eigenvalue weighted by Crippen LogP contribution is -2.18. The highest BCUT2D eigenvalue weighted by atomic mass is 35.5. The number of aromatic nitrogens is 1. The van der Waals surface area contributed by atoms with Gasteiger partial charge in [-0.25, -0.2) is 0 Å². The van der Waals surface area contributed by atoms with Crippen LogP contribution in [0.4, 0.5) is 0 Å². The molecule has 0 atom stereocenters. The Bertz CT molecular complexity index is 586. The Morgan fingerprint density at radius 1 is 1.37 bits per heavy atom. The van der Waals surface area contributed by atoms with E-state index in [1.165, 1.54) is 0 Å². The van der Waals surface area contributed by atoms with Crippen molar-refractivity contribution in [3.63, 3.8) is 0 Å². The summed E-state index contributed by atoms with van der Waals surface area (Å²) in [5.41, 5.74) is 7.10. The van der Waals surface area contributed by atoms with Crippen LogP contribution in [0, 0.1) is 0 Å². The fourth-order valence-electron chi connectivity index (χ4n) is 1.95. The Kier molecular flexibility index (Phi) is 4.71. The minimum atomic E-state index is -0.264. The van der Waals surface area contributed by atoms with E-state index in [0.717, 1.165) is 29.4 Å². The van der Waals surface area contributed by atoms with E-state index in [0.29, 0.717) is 18.0 Å². The van der Waals surface area contributed by atoms with E-state index in [1.807, 2.05) is 24.3 Å². The summed E-state index contributed by atoms with van der Waals surface area (Å²) in [6.07, 6.45) is 2.91. The van der Waals surface area contributed by atoms with Crippen molar-refractivity contribution in [3.8, 4) is 0 Å². The predicted octanol–water partition coefficient (Wildman–Crippen LogP) is 2.24. The Labute approximate surface area is 117 Å². The van der Waals surface area contributed by atoms with Gasteiger partial charge in [-0.1, -0.05) is 17.7 Å². The molecule has 0 bridgehead atoms. The van der Waals surface area contributed by atoms with Crippen molar-refractivity contribution in [2.45, 2.75) is 19.4 Å². The largest absolute Gasteiger partial charge is 0.370 e. The lowest BCUT2D eigenvalue weighted by Gasteiger charge is -2.08. The van der Waals surface area contributed by atoms with E-state index in [-0.39, 0.29) is 5.91 Å². The van der Waals surface area contributed by atoms with Gasteiger partial charge in [0.05, 0.1) is 5.52 Å². The second-order valence-corrected chi connectivity index (χ2v) is 4.76. The summed E-state index contributed by atoms with van der Waals surface area (Å²) in [5, 5.41) is 4.95. The van der Waals surface area contributed by atoms with Crippen molar-refractivity contribution < 1.29 is 4.79 Å². The third-order valence-electron chi connectivity index (χ3n) is 2.89. The molecule has 0 radical (unpaired) electrons. The first-order chi connectivity index (χ1) is 9.18. The minimum absolute atomic E-state index is 0.264. The van der Waals surface area contributed by atoms with Gasteiger partial charge in [-0.2, -0.15) is 0 Å². The van der Waals surface area contributed by atoms with Crippen molar-refractivity contribution in [1.82, 2.24) is 10.3 Å². The summed E-state index contributed by atoms with van der Waals surface area (Å²) in [7, 11) is 0. The first-order valence-electron chi connectivity index (χ1n) is 6.19. The van der Waals surface area contributed by atoms with Crippen LogP contribution in [0.3, 0.4) is 0 Å². The fourth-order valence-corrected chi connectivity index (χ4v) is 2.17. The third-order valence-corrected chi connectivity index (χ3v) is 3.22. The molecule has 0 saturated carbocycles. The molecule has 5 heteroatoms. The molecule has 100 valence electrons. The van der Waals surface area contributed by atoms with Gasteiger partial charge in [0.1, 0.15) is 0 Å². The zero-order valence-corrected chi connectivity index (χ0v) is 11.3. The van der Waals surface area contributed by atoms with Crippen LogP contribution in [0.25, 0.3) is 10.9 Å². The van der Waals surface area contributed by atoms with E-state index in [9.17, 15) is 4.79 Å². The zero-order chi connectivity index (χ0) is 13.7. The molecule has 2 rings (SSSR count). The average molecular weight is 278 g/mol. The molecule has 0 spiro atoms. The van der Waals surface area contributed by atoms with Crippen LogP contribution in [-0.4, -0.2) is 17.4 Å². The smallest absolute Gasteiger partial charge is 0.217 e. The monoisotopic (exact) mass is 277 g/mol. The molecule has 0 unspecified atom stereocenters. The average Bonchev–Trinajstić information content (AvgIpc) is 2.41. The van der Waals surface area contributed by atoms with E-state index in [2.05, 4.69) is 10.3 Å². The van der Waals surface area contributed by atoms with E-state index < -0.39 is 0 Å². The minimum Gasteiger partial charge on any atom is -0.370 e. The Morgan fingerprint density at radius 2 is 2.21 bits per heavy atom. The third kappa shape index (κ3) is 3.66. The number of nitrogens with zero attached hydrogens (tertiary/aromatic N) is 1. The number of halogens is 1. The van der Waals surface area contributed by atoms with Crippen LogP contribution >= 0.6 is 11.6 Å². The van der Waals surface area contributed by atoms with Gasteiger partial charge in [0.25, 0.3) is 0 Å². The number of hydrogen-bond donors (Lipinski definition) is 2. The van der Waals surface area contributed by atoms with Crippen LogP contribution in [-0.2, 0) is 11.3 Å². The molecule has 1 aromatic heterocycles. The molecule has 0 fully saturated rings. The zero-order valence-electron chi connectivity index (χ0n) is 10.5. The van der Waals surface area contributed by atoms with Crippen molar-refractivity contribution in [1.29, 1.82) is 0 Å². The number of carbonyl (C=O) groups is 1. The molecule has 1 heterocycles. The number of fused-ring (bicyclic) bond motifs is 1. The SMILES string of the molecule is NC(=O)CCCNCc1ccc(Cl)c2cccnc12. The maximum atomic E-state index is 10.6. The second kappa shape index (κ2) is 6.50. The summed E-state index contributed by atoms with van der Waals surface area (Å²) in [6.45, 7) is 1.45. The number of primary amides is 1. The Morgan fingerprint density at radius 3 is 3.00 bits per heavy atom. The van der Waals surface area contributed by atoms with E-state index in [1.54, 1.807) is 6.20 Å². The summed E-state index contributed by atoms with van der Waals surface area (Å²) < 4.78 is 0. The summed E-state index contributed by atoms with van der Waals surface area (Å²) in [4.78, 5) is 15.0. The number of rotatable bonds is 6. The number of carbonyl (C=O) groups excluding carboxylic acids is 1. The second-order valence-electron chi connectivity index (χ2n) is 4.35. The Hall–Kier alpha value is -1.65. The van der Waals surface area contributed by atoms with Gasteiger partial charge in [0.2, 0.25) is 5.91 Å². The molecule has 0 aliphatic rings. The van der Waals surface area contributed by atoms with Gasteiger partial charge in [-0.05, 0) is 36.7 Å². The molecule has 2 aromatic rings. The molecule has 0 saturated heterocycles. The normalized spacial score (nSPS) is 10.8. The van der Waals surface area contributed by atoms with Crippen LogP contribution < -0.4 is 11.1 Å². The molecule has 19 heavy (non-hydrogen) atoms. The highest BCUT2D eigenvalue weighted by molar-refractivity contribution is 6.35. The molecule has 0 aliphatic carbocycles. The van der Waals surface area contributed by atoms with Gasteiger partial charge in [-0.15, -0.1) is 0 Å². The summed E-state index contributed by atoms with van der Waals surface area (Å²) in [6, 6.07) is 7.68. The predicted molar refractivity (Wildman–Crippen MR) is 76.9 cm³/mol.